The zero-order valence-electron chi connectivity index (χ0n) is 18.3. The average Bonchev–Trinajstić information content (AvgIpc) is 2.59. The molecular formula is C21H43KO4S. The molecule has 27 heavy (non-hydrogen) atoms. The summed E-state index contributed by atoms with van der Waals surface area (Å²) >= 11 is 0. The molecule has 2 unspecified atom stereocenters. The third-order valence-corrected chi connectivity index (χ3v) is 6.61. The number of unbranched alkanes of at least 4 members (excludes halogenated alkanes) is 11. The van der Waals surface area contributed by atoms with Crippen molar-refractivity contribution < 1.29 is 69.5 Å². The minimum Gasteiger partial charge on any atom is -0.748 e. The predicted octanol–water partition coefficient (Wildman–Crippen LogP) is 2.94. The number of hydrogen-bond acceptors (Lipinski definition) is 4. The van der Waals surface area contributed by atoms with Crippen LogP contribution in [-0.4, -0.2) is 29.4 Å². The van der Waals surface area contributed by atoms with E-state index in [1.165, 1.54) is 32.1 Å². The van der Waals surface area contributed by atoms with Crippen LogP contribution in [0.2, 0.25) is 0 Å². The molecule has 158 valence electrons. The molecule has 0 rings (SSSR count). The molecule has 0 aliphatic carbocycles. The third kappa shape index (κ3) is 20.6. The van der Waals surface area contributed by atoms with Gasteiger partial charge in [-0.2, -0.15) is 0 Å². The van der Waals surface area contributed by atoms with Gasteiger partial charge in [0.1, 0.15) is 0 Å². The normalized spacial score (nSPS) is 13.9. The molecule has 0 aromatic carbocycles. The molecule has 0 aromatic heterocycles. The Bertz CT molecular complexity index is 401. The van der Waals surface area contributed by atoms with Gasteiger partial charge in [0.15, 0.2) is 0 Å². The van der Waals surface area contributed by atoms with Crippen LogP contribution in [0.4, 0.5) is 0 Å². The Morgan fingerprint density at radius 3 is 1.44 bits per heavy atom. The van der Waals surface area contributed by atoms with Gasteiger partial charge in [-0.3, -0.25) is 0 Å². The van der Waals surface area contributed by atoms with Crippen LogP contribution in [0.1, 0.15) is 123 Å². The second-order valence-corrected chi connectivity index (χ2v) is 9.44. The number of aliphatic hydroxyl groups is 1. The summed E-state index contributed by atoms with van der Waals surface area (Å²) in [7, 11) is -4.14. The fourth-order valence-corrected chi connectivity index (χ4v) is 4.34. The summed E-state index contributed by atoms with van der Waals surface area (Å²) in [5.41, 5.74) is 0. The molecule has 0 fully saturated rings. The van der Waals surface area contributed by atoms with Crippen LogP contribution in [0.25, 0.3) is 0 Å². The Hall–Kier alpha value is 1.51. The molecule has 0 saturated heterocycles. The zero-order valence-corrected chi connectivity index (χ0v) is 22.2. The smallest absolute Gasteiger partial charge is 0.748 e. The van der Waals surface area contributed by atoms with Crippen LogP contribution in [0, 0.1) is 0 Å². The maximum atomic E-state index is 11.4. The summed E-state index contributed by atoms with van der Waals surface area (Å²) in [6.45, 7) is 4.14. The minimum atomic E-state index is -4.14. The number of aliphatic hydroxyl groups excluding tert-OH is 1. The van der Waals surface area contributed by atoms with Crippen molar-refractivity contribution in [3.8, 4) is 0 Å². The molecule has 4 nitrogen and oxygen atoms in total. The van der Waals surface area contributed by atoms with Crippen LogP contribution in [0.5, 0.6) is 0 Å². The molecule has 0 aliphatic rings. The van der Waals surface area contributed by atoms with Crippen molar-refractivity contribution in [1.29, 1.82) is 0 Å². The fraction of sp³-hybridized carbons (Fsp3) is 1.00. The zero-order chi connectivity index (χ0) is 19.7. The van der Waals surface area contributed by atoms with Crippen LogP contribution < -0.4 is 51.4 Å². The molecule has 0 aromatic rings. The van der Waals surface area contributed by atoms with Crippen molar-refractivity contribution in [2.75, 3.05) is 0 Å². The van der Waals surface area contributed by atoms with Crippen LogP contribution >= 0.6 is 0 Å². The second-order valence-electron chi connectivity index (χ2n) is 7.79. The molecule has 0 saturated carbocycles. The summed E-state index contributed by atoms with van der Waals surface area (Å²) in [4.78, 5) is 0. The van der Waals surface area contributed by atoms with Crippen LogP contribution in [0.15, 0.2) is 0 Å². The van der Waals surface area contributed by atoms with Gasteiger partial charge in [0.25, 0.3) is 0 Å². The van der Waals surface area contributed by atoms with Gasteiger partial charge in [-0.15, -0.1) is 0 Å². The van der Waals surface area contributed by atoms with E-state index in [1.54, 1.807) is 0 Å². The van der Waals surface area contributed by atoms with Gasteiger partial charge in [-0.25, -0.2) is 8.42 Å². The van der Waals surface area contributed by atoms with Crippen molar-refractivity contribution in [3.05, 3.63) is 0 Å². The Morgan fingerprint density at radius 1 is 0.704 bits per heavy atom. The molecule has 0 spiro atoms. The molecule has 6 heteroatoms. The van der Waals surface area contributed by atoms with E-state index in [4.69, 9.17) is 0 Å². The molecule has 0 heterocycles. The molecule has 0 radical (unpaired) electrons. The van der Waals surface area contributed by atoms with Gasteiger partial charge in [0.05, 0.1) is 16.2 Å². The van der Waals surface area contributed by atoms with E-state index in [1.807, 2.05) is 6.92 Å². The Morgan fingerprint density at radius 2 is 1.07 bits per heavy atom. The Kier molecular flexibility index (Phi) is 23.6. The topological polar surface area (TPSA) is 77.4 Å². The van der Waals surface area contributed by atoms with Gasteiger partial charge in [0, 0.05) is 5.25 Å². The summed E-state index contributed by atoms with van der Waals surface area (Å²) in [6.07, 6.45) is 17.1. The van der Waals surface area contributed by atoms with E-state index in [-0.39, 0.29) is 57.5 Å². The molecule has 2 atom stereocenters. The molecule has 0 bridgehead atoms. The van der Waals surface area contributed by atoms with E-state index in [9.17, 15) is 18.1 Å². The van der Waals surface area contributed by atoms with Gasteiger partial charge < -0.3 is 9.66 Å². The Balaban J connectivity index is 0. The van der Waals surface area contributed by atoms with Gasteiger partial charge in [-0.1, -0.05) is 97.3 Å². The average molecular weight is 431 g/mol. The Labute approximate surface area is 211 Å². The van der Waals surface area contributed by atoms with Crippen LogP contribution in [-0.2, 0) is 10.1 Å². The largest absolute Gasteiger partial charge is 1.00 e. The summed E-state index contributed by atoms with van der Waals surface area (Å²) in [5.74, 6) is 0. The summed E-state index contributed by atoms with van der Waals surface area (Å²) < 4.78 is 34.1. The van der Waals surface area contributed by atoms with Crippen molar-refractivity contribution in [2.24, 2.45) is 0 Å². The van der Waals surface area contributed by atoms with Gasteiger partial charge in [-0.05, 0) is 25.7 Å². The number of hydrogen-bond donors (Lipinski definition) is 1. The quantitative estimate of drug-likeness (QED) is 0.194. The molecule has 0 amide bonds. The first-order valence-electron chi connectivity index (χ1n) is 11.0. The summed E-state index contributed by atoms with van der Waals surface area (Å²) in [5, 5.41) is 8.82. The number of rotatable bonds is 19. The van der Waals surface area contributed by atoms with Crippen molar-refractivity contribution >= 4 is 10.1 Å². The molecule has 1 N–H and O–H groups in total. The second kappa shape index (κ2) is 20.8. The van der Waals surface area contributed by atoms with Crippen molar-refractivity contribution in [1.82, 2.24) is 0 Å². The first-order valence-corrected chi connectivity index (χ1v) is 12.5. The van der Waals surface area contributed by atoms with E-state index < -0.39 is 15.4 Å². The fourth-order valence-electron chi connectivity index (χ4n) is 3.43. The summed E-state index contributed by atoms with van der Waals surface area (Å²) in [6, 6.07) is 0. The minimum absolute atomic E-state index is 0. The van der Waals surface area contributed by atoms with Crippen molar-refractivity contribution in [2.45, 2.75) is 134 Å². The van der Waals surface area contributed by atoms with E-state index in [0.717, 1.165) is 64.2 Å². The van der Waals surface area contributed by atoms with Crippen LogP contribution in [0.3, 0.4) is 0 Å². The maximum absolute atomic E-state index is 11.4. The first-order chi connectivity index (χ1) is 12.4. The maximum Gasteiger partial charge on any atom is 1.00 e. The van der Waals surface area contributed by atoms with E-state index >= 15 is 0 Å². The standard InChI is InChI=1S/C21H44O4S.K/c1-3-5-6-15-18-21(26(23,24)25)19-16-13-11-9-7-8-10-12-14-17-20(22)4-2;/h20-22H,3-19H2,1-2H3,(H,23,24,25);/q;+1/p-1. The van der Waals surface area contributed by atoms with E-state index in [2.05, 4.69) is 6.92 Å². The third-order valence-electron chi connectivity index (χ3n) is 5.32. The van der Waals surface area contributed by atoms with Gasteiger partial charge in [0.2, 0.25) is 0 Å². The SMILES string of the molecule is CCCCCCC(CCCCCCCCCCCC(O)CC)S(=O)(=O)[O-].[K+]. The predicted molar refractivity (Wildman–Crippen MR) is 109 cm³/mol. The monoisotopic (exact) mass is 430 g/mol. The first kappa shape index (κ1) is 30.7. The van der Waals surface area contributed by atoms with Gasteiger partial charge >= 0.3 is 51.4 Å². The molecular weight excluding hydrogens is 387 g/mol. The van der Waals surface area contributed by atoms with E-state index in [0.29, 0.717) is 12.8 Å². The molecule has 0 aliphatic heterocycles. The van der Waals surface area contributed by atoms with Crippen molar-refractivity contribution in [3.63, 3.8) is 0 Å².